The lowest BCUT2D eigenvalue weighted by molar-refractivity contribution is -0.161. The van der Waals surface area contributed by atoms with E-state index in [0.717, 1.165) is 95.8 Å². The van der Waals surface area contributed by atoms with E-state index in [0.29, 0.717) is 25.7 Å². The zero-order valence-corrected chi connectivity index (χ0v) is 67.8. The fraction of sp³-hybridized carbons (Fsp3) is 0.951. The zero-order chi connectivity index (χ0) is 74.1. The van der Waals surface area contributed by atoms with Gasteiger partial charge in [0, 0.05) is 25.7 Å². The molecule has 0 bridgehead atoms. The van der Waals surface area contributed by atoms with E-state index in [-0.39, 0.29) is 25.7 Å². The highest BCUT2D eigenvalue weighted by molar-refractivity contribution is 7.47. The standard InChI is InChI=1S/C82H160O17P2/c1-6-10-13-16-19-22-24-26-28-30-32-34-36-38-40-42-45-51-56-61-66-80(85)93-72-77(98-81(86)67-62-57-52-46-43-41-39-37-35-33-31-29-27-25-23-20-17-14-11-7-2)73-96-100(88,89)94-69-76(83)70-95-101(90,91)97-74-78(71-92-79(84)65-60-55-50-44-21-18-15-12-8-3)99-82(87)68-63-58-53-48-47-49-54-59-64-75(5)9-4/h75-78,83H,6-74H2,1-5H3,(H,88,89)(H,90,91)/t75?,76-,77-,78-/m1/s1. The smallest absolute Gasteiger partial charge is 0.462 e. The summed E-state index contributed by atoms with van der Waals surface area (Å²) in [5.74, 6) is -1.34. The molecule has 0 saturated heterocycles. The first-order chi connectivity index (χ1) is 49.1. The summed E-state index contributed by atoms with van der Waals surface area (Å²) >= 11 is 0. The maximum absolute atomic E-state index is 13.1. The van der Waals surface area contributed by atoms with Crippen LogP contribution in [0.25, 0.3) is 0 Å². The van der Waals surface area contributed by atoms with Crippen molar-refractivity contribution in [2.75, 3.05) is 39.6 Å². The van der Waals surface area contributed by atoms with Crippen LogP contribution in [0.5, 0.6) is 0 Å². The molecule has 0 amide bonds. The summed E-state index contributed by atoms with van der Waals surface area (Å²) in [4.78, 5) is 73.0. The lowest BCUT2D eigenvalue weighted by atomic mass is 9.99. The van der Waals surface area contributed by atoms with Crippen LogP contribution in [0.4, 0.5) is 0 Å². The number of aliphatic hydroxyl groups excluding tert-OH is 1. The van der Waals surface area contributed by atoms with Gasteiger partial charge in [0.1, 0.15) is 19.3 Å². The molecule has 0 fully saturated rings. The van der Waals surface area contributed by atoms with Gasteiger partial charge in [-0.15, -0.1) is 0 Å². The number of hydrogen-bond donors (Lipinski definition) is 3. The summed E-state index contributed by atoms with van der Waals surface area (Å²) in [6, 6.07) is 0. The number of hydrogen-bond acceptors (Lipinski definition) is 15. The number of aliphatic hydroxyl groups is 1. The number of phosphoric acid groups is 2. The third-order valence-electron chi connectivity index (χ3n) is 19.6. The van der Waals surface area contributed by atoms with Crippen LogP contribution in [0.1, 0.15) is 439 Å². The maximum Gasteiger partial charge on any atom is 0.472 e. The van der Waals surface area contributed by atoms with E-state index in [1.165, 1.54) is 263 Å². The molecule has 19 heteroatoms. The second-order valence-electron chi connectivity index (χ2n) is 29.8. The Labute approximate surface area is 619 Å². The zero-order valence-electron chi connectivity index (χ0n) is 66.1. The number of rotatable bonds is 82. The van der Waals surface area contributed by atoms with Gasteiger partial charge in [-0.3, -0.25) is 37.3 Å². The van der Waals surface area contributed by atoms with Crippen molar-refractivity contribution in [2.24, 2.45) is 5.92 Å². The van der Waals surface area contributed by atoms with Gasteiger partial charge in [-0.1, -0.05) is 388 Å². The number of carbonyl (C=O) groups excluding carboxylic acids is 4. The average Bonchev–Trinajstić information content (AvgIpc) is 0.939. The minimum Gasteiger partial charge on any atom is -0.462 e. The van der Waals surface area contributed by atoms with Crippen molar-refractivity contribution in [2.45, 2.75) is 457 Å². The lowest BCUT2D eigenvalue weighted by Crippen LogP contribution is -2.30. The van der Waals surface area contributed by atoms with E-state index < -0.39 is 97.5 Å². The second-order valence-corrected chi connectivity index (χ2v) is 32.7. The highest BCUT2D eigenvalue weighted by Crippen LogP contribution is 2.45. The van der Waals surface area contributed by atoms with Crippen molar-refractivity contribution < 1.29 is 80.2 Å². The molecule has 0 aromatic carbocycles. The third-order valence-corrected chi connectivity index (χ3v) is 21.5. The Balaban J connectivity index is 5.19. The molecule has 3 unspecified atom stereocenters. The third kappa shape index (κ3) is 74.7. The van der Waals surface area contributed by atoms with Crippen molar-refractivity contribution in [1.29, 1.82) is 0 Å². The van der Waals surface area contributed by atoms with Crippen LogP contribution in [-0.4, -0.2) is 96.7 Å². The fourth-order valence-corrected chi connectivity index (χ4v) is 14.3. The largest absolute Gasteiger partial charge is 0.472 e. The Morgan fingerprint density at radius 2 is 0.475 bits per heavy atom. The van der Waals surface area contributed by atoms with Gasteiger partial charge in [-0.2, -0.15) is 0 Å². The number of phosphoric ester groups is 2. The highest BCUT2D eigenvalue weighted by atomic mass is 31.2. The van der Waals surface area contributed by atoms with Gasteiger partial charge >= 0.3 is 39.5 Å². The minimum absolute atomic E-state index is 0.106. The van der Waals surface area contributed by atoms with Gasteiger partial charge in [-0.05, 0) is 31.6 Å². The Bertz CT molecular complexity index is 1930. The Morgan fingerprint density at radius 1 is 0.277 bits per heavy atom. The monoisotopic (exact) mass is 1480 g/mol. The van der Waals surface area contributed by atoms with Crippen molar-refractivity contribution in [3.8, 4) is 0 Å². The molecule has 0 aromatic heterocycles. The van der Waals surface area contributed by atoms with Crippen LogP contribution in [0.3, 0.4) is 0 Å². The minimum atomic E-state index is -4.96. The summed E-state index contributed by atoms with van der Waals surface area (Å²) in [6.45, 7) is 7.31. The summed E-state index contributed by atoms with van der Waals surface area (Å²) in [6.07, 6.45) is 66.8. The molecule has 0 heterocycles. The highest BCUT2D eigenvalue weighted by Gasteiger charge is 2.30. The van der Waals surface area contributed by atoms with Gasteiger partial charge < -0.3 is 33.8 Å². The van der Waals surface area contributed by atoms with E-state index in [2.05, 4.69) is 34.6 Å². The van der Waals surface area contributed by atoms with E-state index in [4.69, 9.17) is 37.0 Å². The molecule has 0 spiro atoms. The number of carbonyl (C=O) groups is 4. The van der Waals surface area contributed by atoms with Gasteiger partial charge in [-0.25, -0.2) is 9.13 Å². The molecule has 0 rings (SSSR count). The van der Waals surface area contributed by atoms with E-state index in [9.17, 15) is 43.2 Å². The van der Waals surface area contributed by atoms with Crippen molar-refractivity contribution in [1.82, 2.24) is 0 Å². The lowest BCUT2D eigenvalue weighted by Gasteiger charge is -2.21. The molecular weight excluding hydrogens is 1320 g/mol. The summed E-state index contributed by atoms with van der Waals surface area (Å²) in [7, 11) is -9.92. The molecular formula is C82H160O17P2. The van der Waals surface area contributed by atoms with E-state index in [1.807, 2.05) is 0 Å². The Morgan fingerprint density at radius 3 is 0.703 bits per heavy atom. The molecule has 0 aliphatic heterocycles. The molecule has 101 heavy (non-hydrogen) atoms. The molecule has 0 radical (unpaired) electrons. The van der Waals surface area contributed by atoms with Crippen molar-refractivity contribution >= 4 is 39.5 Å². The van der Waals surface area contributed by atoms with Crippen LogP contribution < -0.4 is 0 Å². The first kappa shape index (κ1) is 99.1. The molecule has 0 aromatic rings. The van der Waals surface area contributed by atoms with Gasteiger partial charge in [0.15, 0.2) is 12.2 Å². The molecule has 0 aliphatic carbocycles. The van der Waals surface area contributed by atoms with Crippen LogP contribution in [-0.2, 0) is 65.4 Å². The van der Waals surface area contributed by atoms with Crippen LogP contribution >= 0.6 is 15.6 Å². The number of unbranched alkanes of at least 4 members (excludes halogenated alkanes) is 53. The number of ether oxygens (including phenoxy) is 4. The van der Waals surface area contributed by atoms with Gasteiger partial charge in [0.05, 0.1) is 26.4 Å². The normalized spacial score (nSPS) is 14.1. The van der Waals surface area contributed by atoms with Crippen LogP contribution in [0.15, 0.2) is 0 Å². The Kier molecular flexibility index (Phi) is 73.5. The summed E-state index contributed by atoms with van der Waals surface area (Å²) < 4.78 is 68.7. The van der Waals surface area contributed by atoms with E-state index in [1.54, 1.807) is 0 Å². The first-order valence-corrected chi connectivity index (χ1v) is 45.7. The molecule has 6 atom stereocenters. The summed E-state index contributed by atoms with van der Waals surface area (Å²) in [5.41, 5.74) is 0. The SMILES string of the molecule is CCCCCCCCCCCCCCCCCCCCCCC(=O)OC[C@H](COP(=O)(O)OC[C@@H](O)COP(=O)(O)OC[C@@H](COC(=O)CCCCCCCCCCC)OC(=O)CCCCCCCCCCC(C)CC)OC(=O)CCCCCCCCCCCCCCCCCCCCCC. The Hall–Kier alpha value is -1.94. The predicted molar refractivity (Wildman–Crippen MR) is 414 cm³/mol. The van der Waals surface area contributed by atoms with Crippen molar-refractivity contribution in [3.63, 3.8) is 0 Å². The topological polar surface area (TPSA) is 237 Å². The molecule has 3 N–H and O–H groups in total. The first-order valence-electron chi connectivity index (χ1n) is 42.7. The summed E-state index contributed by atoms with van der Waals surface area (Å²) in [5, 5.41) is 10.6. The van der Waals surface area contributed by atoms with Crippen LogP contribution in [0.2, 0.25) is 0 Å². The average molecular weight is 1480 g/mol. The molecule has 0 aliphatic rings. The van der Waals surface area contributed by atoms with Crippen LogP contribution in [0, 0.1) is 5.92 Å². The fourth-order valence-electron chi connectivity index (χ4n) is 12.7. The predicted octanol–water partition coefficient (Wildman–Crippen LogP) is 24.8. The number of esters is 4. The molecule has 17 nitrogen and oxygen atoms in total. The molecule has 0 saturated carbocycles. The second kappa shape index (κ2) is 74.9. The van der Waals surface area contributed by atoms with Gasteiger partial charge in [0.2, 0.25) is 0 Å². The maximum atomic E-state index is 13.1. The van der Waals surface area contributed by atoms with Gasteiger partial charge in [0.25, 0.3) is 0 Å². The van der Waals surface area contributed by atoms with Crippen molar-refractivity contribution in [3.05, 3.63) is 0 Å². The molecule has 600 valence electrons. The quantitative estimate of drug-likeness (QED) is 0.0222. The van der Waals surface area contributed by atoms with E-state index >= 15 is 0 Å².